The van der Waals surface area contributed by atoms with E-state index < -0.39 is 0 Å². The Kier molecular flexibility index (Phi) is 10.5. The lowest BCUT2D eigenvalue weighted by Crippen LogP contribution is -2.43. The molecular weight excluding hydrogens is 398 g/mol. The maximum atomic E-state index is 13.4. The SMILES string of the molecule is CCCNC(=O)CNC(=NC)NCc1ccc(C)c(F)c1.I. The molecule has 0 unspecified atom stereocenters. The van der Waals surface area contributed by atoms with E-state index in [-0.39, 0.29) is 42.2 Å². The number of guanidine groups is 1. The zero-order valence-electron chi connectivity index (χ0n) is 13.2. The summed E-state index contributed by atoms with van der Waals surface area (Å²) in [7, 11) is 1.62. The molecular formula is C15H24FIN4O. The Morgan fingerprint density at radius 3 is 2.59 bits per heavy atom. The molecule has 0 saturated heterocycles. The summed E-state index contributed by atoms with van der Waals surface area (Å²) < 4.78 is 13.4. The van der Waals surface area contributed by atoms with Crippen LogP contribution in [0.25, 0.3) is 0 Å². The average Bonchev–Trinajstić information content (AvgIpc) is 2.48. The van der Waals surface area contributed by atoms with Gasteiger partial charge >= 0.3 is 0 Å². The molecule has 1 amide bonds. The van der Waals surface area contributed by atoms with Crippen LogP contribution in [-0.2, 0) is 11.3 Å². The molecule has 0 atom stereocenters. The van der Waals surface area contributed by atoms with Crippen molar-refractivity contribution in [3.63, 3.8) is 0 Å². The normalized spacial score (nSPS) is 10.6. The van der Waals surface area contributed by atoms with Gasteiger partial charge in [0.2, 0.25) is 5.91 Å². The third-order valence-corrected chi connectivity index (χ3v) is 2.91. The van der Waals surface area contributed by atoms with Gasteiger partial charge in [-0.15, -0.1) is 24.0 Å². The van der Waals surface area contributed by atoms with E-state index in [1.807, 2.05) is 13.0 Å². The summed E-state index contributed by atoms with van der Waals surface area (Å²) >= 11 is 0. The molecule has 7 heteroatoms. The molecule has 0 aliphatic carbocycles. The molecule has 1 aromatic rings. The summed E-state index contributed by atoms with van der Waals surface area (Å²) in [6.45, 7) is 4.97. The molecule has 0 aliphatic heterocycles. The number of rotatable bonds is 6. The molecule has 1 rings (SSSR count). The van der Waals surface area contributed by atoms with Gasteiger partial charge in [-0.2, -0.15) is 0 Å². The first-order chi connectivity index (χ1) is 10.1. The highest BCUT2D eigenvalue weighted by atomic mass is 127. The highest BCUT2D eigenvalue weighted by molar-refractivity contribution is 14.0. The van der Waals surface area contributed by atoms with Crippen LogP contribution in [0.1, 0.15) is 24.5 Å². The molecule has 0 heterocycles. The van der Waals surface area contributed by atoms with Crippen LogP contribution in [0.4, 0.5) is 4.39 Å². The zero-order chi connectivity index (χ0) is 15.7. The standard InChI is InChI=1S/C15H23FN4O.HI/c1-4-7-18-14(21)10-20-15(17-3)19-9-12-6-5-11(2)13(16)8-12;/h5-6,8H,4,7,9-10H2,1-3H3,(H,18,21)(H2,17,19,20);1H. The van der Waals surface area contributed by atoms with E-state index in [1.165, 1.54) is 6.07 Å². The van der Waals surface area contributed by atoms with E-state index in [0.717, 1.165) is 12.0 Å². The van der Waals surface area contributed by atoms with Crippen LogP contribution in [-0.4, -0.2) is 32.0 Å². The van der Waals surface area contributed by atoms with E-state index in [0.29, 0.717) is 24.6 Å². The predicted molar refractivity (Wildman–Crippen MR) is 98.1 cm³/mol. The zero-order valence-corrected chi connectivity index (χ0v) is 15.5. The second kappa shape index (κ2) is 11.2. The summed E-state index contributed by atoms with van der Waals surface area (Å²) in [5.74, 6) is 0.194. The van der Waals surface area contributed by atoms with Crippen molar-refractivity contribution in [2.75, 3.05) is 20.1 Å². The van der Waals surface area contributed by atoms with Crippen molar-refractivity contribution in [3.8, 4) is 0 Å². The van der Waals surface area contributed by atoms with Crippen LogP contribution >= 0.6 is 24.0 Å². The molecule has 1 aromatic carbocycles. The topological polar surface area (TPSA) is 65.5 Å². The lowest BCUT2D eigenvalue weighted by molar-refractivity contribution is -0.120. The maximum Gasteiger partial charge on any atom is 0.239 e. The van der Waals surface area contributed by atoms with Crippen molar-refractivity contribution in [1.82, 2.24) is 16.0 Å². The number of nitrogens with one attached hydrogen (secondary N) is 3. The van der Waals surface area contributed by atoms with E-state index >= 15 is 0 Å². The van der Waals surface area contributed by atoms with Gasteiger partial charge in [0, 0.05) is 20.1 Å². The lowest BCUT2D eigenvalue weighted by atomic mass is 10.1. The Morgan fingerprint density at radius 1 is 1.27 bits per heavy atom. The monoisotopic (exact) mass is 422 g/mol. The predicted octanol–water partition coefficient (Wildman–Crippen LogP) is 1.94. The number of carbonyl (C=O) groups excluding carboxylic acids is 1. The highest BCUT2D eigenvalue weighted by Gasteiger charge is 2.04. The maximum absolute atomic E-state index is 13.4. The quantitative estimate of drug-likeness (QED) is 0.373. The molecule has 0 bridgehead atoms. The van der Waals surface area contributed by atoms with E-state index in [1.54, 1.807) is 20.0 Å². The first-order valence-electron chi connectivity index (χ1n) is 7.03. The fraction of sp³-hybridized carbons (Fsp3) is 0.467. The Morgan fingerprint density at radius 2 is 2.00 bits per heavy atom. The van der Waals surface area contributed by atoms with Gasteiger partial charge in [0.25, 0.3) is 0 Å². The van der Waals surface area contributed by atoms with Crippen LogP contribution in [0, 0.1) is 12.7 Å². The van der Waals surface area contributed by atoms with Crippen molar-refractivity contribution in [2.24, 2.45) is 4.99 Å². The fourth-order valence-corrected chi connectivity index (χ4v) is 1.64. The number of carbonyl (C=O) groups is 1. The first kappa shape index (κ1) is 20.6. The van der Waals surface area contributed by atoms with E-state index in [4.69, 9.17) is 0 Å². The third-order valence-electron chi connectivity index (χ3n) is 2.91. The van der Waals surface area contributed by atoms with Crippen LogP contribution in [0.15, 0.2) is 23.2 Å². The second-order valence-corrected chi connectivity index (χ2v) is 4.71. The first-order valence-corrected chi connectivity index (χ1v) is 7.03. The molecule has 0 aromatic heterocycles. The van der Waals surface area contributed by atoms with Crippen LogP contribution in [0.3, 0.4) is 0 Å². The summed E-state index contributed by atoms with van der Waals surface area (Å²) in [6.07, 6.45) is 0.900. The molecule has 22 heavy (non-hydrogen) atoms. The average molecular weight is 422 g/mol. The number of halogens is 2. The summed E-state index contributed by atoms with van der Waals surface area (Å²) in [4.78, 5) is 15.5. The van der Waals surface area contributed by atoms with E-state index in [9.17, 15) is 9.18 Å². The van der Waals surface area contributed by atoms with Gasteiger partial charge in [-0.05, 0) is 30.5 Å². The summed E-state index contributed by atoms with van der Waals surface area (Å²) in [5, 5.41) is 8.71. The van der Waals surface area contributed by atoms with Gasteiger partial charge in [-0.25, -0.2) is 4.39 Å². The minimum Gasteiger partial charge on any atom is -0.355 e. The van der Waals surface area contributed by atoms with Crippen LogP contribution in [0.5, 0.6) is 0 Å². The van der Waals surface area contributed by atoms with Crippen molar-refractivity contribution in [3.05, 3.63) is 35.1 Å². The van der Waals surface area contributed by atoms with Gasteiger partial charge in [0.15, 0.2) is 5.96 Å². The number of aryl methyl sites for hydroxylation is 1. The number of hydrogen-bond acceptors (Lipinski definition) is 2. The van der Waals surface area contributed by atoms with Gasteiger partial charge in [-0.1, -0.05) is 19.1 Å². The fourth-order valence-electron chi connectivity index (χ4n) is 1.64. The number of aliphatic imine (C=N–C) groups is 1. The smallest absolute Gasteiger partial charge is 0.239 e. The molecule has 0 spiro atoms. The number of hydrogen-bond donors (Lipinski definition) is 3. The molecule has 0 fully saturated rings. The number of nitrogens with zero attached hydrogens (tertiary/aromatic N) is 1. The summed E-state index contributed by atoms with van der Waals surface area (Å²) in [5.41, 5.74) is 1.44. The minimum absolute atomic E-state index is 0. The molecule has 5 nitrogen and oxygen atoms in total. The number of amides is 1. The molecule has 0 aliphatic rings. The lowest BCUT2D eigenvalue weighted by Gasteiger charge is -2.12. The van der Waals surface area contributed by atoms with Crippen molar-refractivity contribution >= 4 is 35.8 Å². The van der Waals surface area contributed by atoms with Gasteiger partial charge in [0.05, 0.1) is 6.54 Å². The molecule has 124 valence electrons. The van der Waals surface area contributed by atoms with Crippen molar-refractivity contribution < 1.29 is 9.18 Å². The van der Waals surface area contributed by atoms with Gasteiger partial charge in [0.1, 0.15) is 5.82 Å². The second-order valence-electron chi connectivity index (χ2n) is 4.71. The van der Waals surface area contributed by atoms with Crippen LogP contribution in [0.2, 0.25) is 0 Å². The summed E-state index contributed by atoms with van der Waals surface area (Å²) in [6, 6.07) is 5.08. The van der Waals surface area contributed by atoms with Crippen molar-refractivity contribution in [2.45, 2.75) is 26.8 Å². The minimum atomic E-state index is -0.226. The Balaban J connectivity index is 0.00000441. The Hall–Kier alpha value is -1.38. The van der Waals surface area contributed by atoms with Gasteiger partial charge in [-0.3, -0.25) is 9.79 Å². The van der Waals surface area contributed by atoms with Crippen molar-refractivity contribution in [1.29, 1.82) is 0 Å². The number of benzene rings is 1. The Bertz CT molecular complexity index is 508. The molecule has 3 N–H and O–H groups in total. The third kappa shape index (κ3) is 7.58. The Labute approximate surface area is 148 Å². The molecule has 0 saturated carbocycles. The molecule has 0 radical (unpaired) electrons. The van der Waals surface area contributed by atoms with E-state index in [2.05, 4.69) is 20.9 Å². The van der Waals surface area contributed by atoms with Gasteiger partial charge < -0.3 is 16.0 Å². The highest BCUT2D eigenvalue weighted by Crippen LogP contribution is 2.08. The largest absolute Gasteiger partial charge is 0.355 e. The van der Waals surface area contributed by atoms with Crippen LogP contribution < -0.4 is 16.0 Å².